The fraction of sp³-hybridized carbons (Fsp3) is 0.143. The Morgan fingerprint density at radius 3 is 2.43 bits per heavy atom. The van der Waals surface area contributed by atoms with Crippen molar-refractivity contribution in [2.45, 2.75) is 13.2 Å². The molecule has 0 atom stereocenters. The van der Waals surface area contributed by atoms with E-state index in [1.54, 1.807) is 48.5 Å². The fourth-order valence-corrected chi connectivity index (χ4v) is 3.16. The molecule has 0 bridgehead atoms. The van der Waals surface area contributed by atoms with Crippen LogP contribution in [0, 0.1) is 5.82 Å². The number of benzene rings is 3. The Hall–Kier alpha value is -2.14. The second-order valence-electron chi connectivity index (χ2n) is 5.95. The second kappa shape index (κ2) is 9.37. The molecule has 0 aliphatic heterocycles. The molecule has 0 saturated heterocycles. The van der Waals surface area contributed by atoms with Crippen LogP contribution in [0.2, 0.25) is 15.1 Å². The van der Waals surface area contributed by atoms with Gasteiger partial charge in [-0.05, 0) is 35.9 Å². The molecule has 3 aromatic rings. The van der Waals surface area contributed by atoms with Crippen molar-refractivity contribution in [2.24, 2.45) is 0 Å². The van der Waals surface area contributed by atoms with Gasteiger partial charge in [0.1, 0.15) is 12.4 Å². The molecule has 0 radical (unpaired) electrons. The zero-order valence-corrected chi connectivity index (χ0v) is 17.2. The van der Waals surface area contributed by atoms with E-state index in [9.17, 15) is 4.39 Å². The summed E-state index contributed by atoms with van der Waals surface area (Å²) in [4.78, 5) is 0. The Kier molecular flexibility index (Phi) is 6.89. The first-order chi connectivity index (χ1) is 13.5. The summed E-state index contributed by atoms with van der Waals surface area (Å²) in [6, 6.07) is 15.0. The van der Waals surface area contributed by atoms with E-state index in [1.807, 2.05) is 0 Å². The molecule has 0 unspecified atom stereocenters. The molecule has 0 aromatic heterocycles. The summed E-state index contributed by atoms with van der Waals surface area (Å²) in [7, 11) is 1.53. The van der Waals surface area contributed by atoms with Crippen LogP contribution in [0.4, 0.5) is 10.1 Å². The molecule has 0 aliphatic carbocycles. The normalized spacial score (nSPS) is 10.6. The largest absolute Gasteiger partial charge is 0.493 e. The van der Waals surface area contributed by atoms with Crippen LogP contribution in [0.1, 0.15) is 11.1 Å². The van der Waals surface area contributed by atoms with Crippen LogP contribution < -0.4 is 14.8 Å². The minimum Gasteiger partial charge on any atom is -0.493 e. The summed E-state index contributed by atoms with van der Waals surface area (Å²) in [5.41, 5.74) is 1.93. The molecule has 146 valence electrons. The Morgan fingerprint density at radius 2 is 1.68 bits per heavy atom. The van der Waals surface area contributed by atoms with Crippen LogP contribution in [0.3, 0.4) is 0 Å². The molecule has 1 N–H and O–H groups in total. The third kappa shape index (κ3) is 5.02. The Bertz CT molecular complexity index is 982. The molecule has 3 aromatic carbocycles. The molecule has 0 heterocycles. The first-order valence-electron chi connectivity index (χ1n) is 8.39. The summed E-state index contributed by atoms with van der Waals surface area (Å²) in [5, 5.41) is 4.81. The van der Waals surface area contributed by atoms with Gasteiger partial charge < -0.3 is 14.8 Å². The Labute approximate surface area is 177 Å². The first kappa shape index (κ1) is 20.6. The van der Waals surface area contributed by atoms with Crippen LogP contribution >= 0.6 is 34.8 Å². The van der Waals surface area contributed by atoms with E-state index in [0.29, 0.717) is 44.4 Å². The molecular formula is C21H17Cl3FNO2. The van der Waals surface area contributed by atoms with Crippen molar-refractivity contribution in [1.82, 2.24) is 0 Å². The van der Waals surface area contributed by atoms with Crippen molar-refractivity contribution in [3.05, 3.63) is 86.6 Å². The highest BCUT2D eigenvalue weighted by Crippen LogP contribution is 2.35. The van der Waals surface area contributed by atoms with E-state index >= 15 is 0 Å². The third-order valence-corrected chi connectivity index (χ3v) is 4.99. The highest BCUT2D eigenvalue weighted by Gasteiger charge is 2.12. The number of ether oxygens (including phenoxy) is 2. The molecular weight excluding hydrogens is 424 g/mol. The van der Waals surface area contributed by atoms with E-state index in [2.05, 4.69) is 5.32 Å². The minimum atomic E-state index is -0.327. The number of hydrogen-bond donors (Lipinski definition) is 1. The average molecular weight is 441 g/mol. The maximum atomic E-state index is 13.8. The zero-order valence-electron chi connectivity index (χ0n) is 14.9. The molecule has 0 aliphatic rings. The number of anilines is 1. The Morgan fingerprint density at radius 1 is 0.893 bits per heavy atom. The van der Waals surface area contributed by atoms with E-state index in [1.165, 1.54) is 13.2 Å². The lowest BCUT2D eigenvalue weighted by Crippen LogP contribution is -2.04. The van der Waals surface area contributed by atoms with Gasteiger partial charge in [-0.25, -0.2) is 4.39 Å². The van der Waals surface area contributed by atoms with Crippen molar-refractivity contribution in [3.8, 4) is 11.5 Å². The maximum absolute atomic E-state index is 13.8. The lowest BCUT2D eigenvalue weighted by Gasteiger charge is -2.15. The molecule has 28 heavy (non-hydrogen) atoms. The first-order valence-corrected chi connectivity index (χ1v) is 9.53. The van der Waals surface area contributed by atoms with Gasteiger partial charge in [-0.1, -0.05) is 53.0 Å². The molecule has 0 spiro atoms. The molecule has 0 amide bonds. The number of rotatable bonds is 7. The fourth-order valence-electron chi connectivity index (χ4n) is 2.58. The van der Waals surface area contributed by atoms with Gasteiger partial charge in [-0.15, -0.1) is 0 Å². The van der Waals surface area contributed by atoms with Crippen LogP contribution in [-0.2, 0) is 13.2 Å². The van der Waals surface area contributed by atoms with Crippen molar-refractivity contribution in [3.63, 3.8) is 0 Å². The van der Waals surface area contributed by atoms with E-state index in [4.69, 9.17) is 44.3 Å². The summed E-state index contributed by atoms with van der Waals surface area (Å²) in [6.45, 7) is 0.470. The summed E-state index contributed by atoms with van der Waals surface area (Å²) < 4.78 is 24.9. The van der Waals surface area contributed by atoms with E-state index < -0.39 is 0 Å². The van der Waals surface area contributed by atoms with Gasteiger partial charge in [0.15, 0.2) is 11.5 Å². The number of methoxy groups -OCH3 is 1. The SMILES string of the molecule is COc1cc(CNc2cc(Cl)ccc2Cl)c(Cl)cc1OCc1ccccc1F. The van der Waals surface area contributed by atoms with Gasteiger partial charge in [-0.2, -0.15) is 0 Å². The lowest BCUT2D eigenvalue weighted by molar-refractivity contribution is 0.279. The predicted molar refractivity (Wildman–Crippen MR) is 113 cm³/mol. The third-order valence-electron chi connectivity index (χ3n) is 4.07. The van der Waals surface area contributed by atoms with Crippen molar-refractivity contribution in [2.75, 3.05) is 12.4 Å². The van der Waals surface area contributed by atoms with Gasteiger partial charge in [-0.3, -0.25) is 0 Å². The van der Waals surface area contributed by atoms with Gasteiger partial charge in [0.05, 0.1) is 17.8 Å². The summed E-state index contributed by atoms with van der Waals surface area (Å²) in [5.74, 6) is 0.599. The van der Waals surface area contributed by atoms with Crippen molar-refractivity contribution >= 4 is 40.5 Å². The highest BCUT2D eigenvalue weighted by atomic mass is 35.5. The molecule has 3 rings (SSSR count). The van der Waals surface area contributed by atoms with Crippen LogP contribution in [-0.4, -0.2) is 7.11 Å². The summed E-state index contributed by atoms with van der Waals surface area (Å²) in [6.07, 6.45) is 0. The zero-order chi connectivity index (χ0) is 20.1. The predicted octanol–water partition coefficient (Wildman–Crippen LogP) is 6.99. The minimum absolute atomic E-state index is 0.0646. The van der Waals surface area contributed by atoms with E-state index in [0.717, 1.165) is 5.56 Å². The number of nitrogens with one attached hydrogen (secondary N) is 1. The van der Waals surface area contributed by atoms with Crippen LogP contribution in [0.5, 0.6) is 11.5 Å². The quantitative estimate of drug-likeness (QED) is 0.429. The van der Waals surface area contributed by atoms with Crippen molar-refractivity contribution in [1.29, 1.82) is 0 Å². The van der Waals surface area contributed by atoms with Gasteiger partial charge >= 0.3 is 0 Å². The van der Waals surface area contributed by atoms with Crippen LogP contribution in [0.15, 0.2) is 54.6 Å². The lowest BCUT2D eigenvalue weighted by atomic mass is 10.2. The van der Waals surface area contributed by atoms with Crippen molar-refractivity contribution < 1.29 is 13.9 Å². The summed E-state index contributed by atoms with van der Waals surface area (Å²) >= 11 is 18.6. The molecule has 0 fully saturated rings. The topological polar surface area (TPSA) is 30.5 Å². The monoisotopic (exact) mass is 439 g/mol. The van der Waals surface area contributed by atoms with Gasteiger partial charge in [0, 0.05) is 28.2 Å². The molecule has 3 nitrogen and oxygen atoms in total. The maximum Gasteiger partial charge on any atom is 0.163 e. The molecule has 7 heteroatoms. The smallest absolute Gasteiger partial charge is 0.163 e. The van der Waals surface area contributed by atoms with Crippen LogP contribution in [0.25, 0.3) is 0 Å². The second-order valence-corrected chi connectivity index (χ2v) is 7.20. The van der Waals surface area contributed by atoms with E-state index in [-0.39, 0.29) is 12.4 Å². The van der Waals surface area contributed by atoms with Gasteiger partial charge in [0.2, 0.25) is 0 Å². The molecule has 0 saturated carbocycles. The average Bonchev–Trinajstić information content (AvgIpc) is 2.69. The number of halogens is 4. The standard InChI is InChI=1S/C21H17Cl3FNO2/c1-27-20-8-14(11-26-19-9-15(22)6-7-16(19)23)17(24)10-21(20)28-12-13-4-2-3-5-18(13)25/h2-10,26H,11-12H2,1H3. The highest BCUT2D eigenvalue weighted by molar-refractivity contribution is 6.35. The van der Waals surface area contributed by atoms with Gasteiger partial charge in [0.25, 0.3) is 0 Å². The number of hydrogen-bond acceptors (Lipinski definition) is 3. The Balaban J connectivity index is 1.75.